The maximum absolute atomic E-state index is 13.3. The van der Waals surface area contributed by atoms with Gasteiger partial charge in [0.25, 0.3) is 0 Å². The maximum atomic E-state index is 13.3. The van der Waals surface area contributed by atoms with Crippen molar-refractivity contribution >= 4 is 16.6 Å². The molecule has 3 nitrogen and oxygen atoms in total. The molecule has 3 rings (SSSR count). The largest absolute Gasteiger partial charge is 0.387 e. The molecule has 1 aromatic carbocycles. The third kappa shape index (κ3) is 1.65. The lowest BCUT2D eigenvalue weighted by atomic mass is 10.0. The Morgan fingerprint density at radius 2 is 2.29 bits per heavy atom. The second-order valence-electron chi connectivity index (χ2n) is 4.25. The van der Waals surface area contributed by atoms with Gasteiger partial charge in [0.05, 0.1) is 5.52 Å². The summed E-state index contributed by atoms with van der Waals surface area (Å²) in [5.74, 6) is -0.223. The van der Waals surface area contributed by atoms with E-state index in [1.807, 2.05) is 7.05 Å². The first-order chi connectivity index (χ1) is 8.29. The first kappa shape index (κ1) is 10.5. The number of pyridine rings is 1. The van der Waals surface area contributed by atoms with Gasteiger partial charge < -0.3 is 10.6 Å². The van der Waals surface area contributed by atoms with Crippen LogP contribution in [0.4, 0.5) is 10.1 Å². The Morgan fingerprint density at radius 1 is 1.41 bits per heavy atom. The van der Waals surface area contributed by atoms with Crippen LogP contribution in [0.1, 0.15) is 11.3 Å². The van der Waals surface area contributed by atoms with E-state index in [2.05, 4.69) is 15.6 Å². The molecule has 0 atom stereocenters. The van der Waals surface area contributed by atoms with Gasteiger partial charge in [-0.15, -0.1) is 0 Å². The minimum absolute atomic E-state index is 0.223. The van der Waals surface area contributed by atoms with E-state index < -0.39 is 0 Å². The fraction of sp³-hybridized carbons (Fsp3) is 0.308. The van der Waals surface area contributed by atoms with Crippen molar-refractivity contribution in [1.29, 1.82) is 0 Å². The average Bonchev–Trinajstić information content (AvgIpc) is 2.36. The molecular weight excluding hydrogens is 217 g/mol. The molecule has 0 aliphatic carbocycles. The lowest BCUT2D eigenvalue weighted by Gasteiger charge is -2.21. The first-order valence-corrected chi connectivity index (χ1v) is 5.79. The standard InChI is InChI=1S/C13H14FN3/c1-15-13-9-6-8(14)2-3-11(9)17-12-4-5-16-7-10(12)13/h2-3,6,16H,4-5,7H2,1H3,(H,15,17). The summed E-state index contributed by atoms with van der Waals surface area (Å²) in [5, 5.41) is 7.36. The summed E-state index contributed by atoms with van der Waals surface area (Å²) in [6, 6.07) is 4.75. The smallest absolute Gasteiger partial charge is 0.124 e. The van der Waals surface area contributed by atoms with Crippen molar-refractivity contribution < 1.29 is 4.39 Å². The minimum Gasteiger partial charge on any atom is -0.387 e. The molecule has 0 radical (unpaired) electrons. The summed E-state index contributed by atoms with van der Waals surface area (Å²) in [5.41, 5.74) is 4.14. The highest BCUT2D eigenvalue weighted by Gasteiger charge is 2.17. The fourth-order valence-corrected chi connectivity index (χ4v) is 2.43. The van der Waals surface area contributed by atoms with E-state index in [0.717, 1.165) is 47.4 Å². The molecule has 0 saturated carbocycles. The van der Waals surface area contributed by atoms with E-state index in [1.54, 1.807) is 12.1 Å². The van der Waals surface area contributed by atoms with E-state index in [1.165, 1.54) is 6.07 Å². The number of nitrogens with one attached hydrogen (secondary N) is 2. The highest BCUT2D eigenvalue weighted by molar-refractivity contribution is 5.93. The molecule has 88 valence electrons. The van der Waals surface area contributed by atoms with Crippen LogP contribution in [-0.2, 0) is 13.0 Å². The average molecular weight is 231 g/mol. The van der Waals surface area contributed by atoms with Crippen LogP contribution < -0.4 is 10.6 Å². The van der Waals surface area contributed by atoms with E-state index >= 15 is 0 Å². The SMILES string of the molecule is CNc1c2c(nc3ccc(F)cc13)CCNC2. The molecule has 0 fully saturated rings. The van der Waals surface area contributed by atoms with Crippen LogP contribution in [0.25, 0.3) is 10.9 Å². The van der Waals surface area contributed by atoms with Crippen LogP contribution in [0.2, 0.25) is 0 Å². The molecule has 0 bridgehead atoms. The van der Waals surface area contributed by atoms with Crippen LogP contribution >= 0.6 is 0 Å². The molecule has 0 saturated heterocycles. The quantitative estimate of drug-likeness (QED) is 0.788. The van der Waals surface area contributed by atoms with Crippen LogP contribution in [0.5, 0.6) is 0 Å². The number of halogens is 1. The van der Waals surface area contributed by atoms with Crippen LogP contribution in [0.15, 0.2) is 18.2 Å². The third-order valence-corrected chi connectivity index (χ3v) is 3.22. The van der Waals surface area contributed by atoms with Gasteiger partial charge in [0.15, 0.2) is 0 Å². The molecule has 4 heteroatoms. The molecular formula is C13H14FN3. The van der Waals surface area contributed by atoms with Gasteiger partial charge in [-0.1, -0.05) is 0 Å². The molecule has 0 spiro atoms. The Labute approximate surface area is 99.1 Å². The Kier molecular flexibility index (Phi) is 2.44. The van der Waals surface area contributed by atoms with Gasteiger partial charge in [0, 0.05) is 48.9 Å². The van der Waals surface area contributed by atoms with Crippen molar-refractivity contribution in [3.8, 4) is 0 Å². The fourth-order valence-electron chi connectivity index (χ4n) is 2.43. The van der Waals surface area contributed by atoms with E-state index in [-0.39, 0.29) is 5.82 Å². The zero-order valence-electron chi connectivity index (χ0n) is 9.68. The van der Waals surface area contributed by atoms with Crippen molar-refractivity contribution in [3.63, 3.8) is 0 Å². The highest BCUT2D eigenvalue weighted by atomic mass is 19.1. The molecule has 2 heterocycles. The lowest BCUT2D eigenvalue weighted by Crippen LogP contribution is -2.25. The third-order valence-electron chi connectivity index (χ3n) is 3.22. The van der Waals surface area contributed by atoms with Crippen molar-refractivity contribution in [2.75, 3.05) is 18.9 Å². The van der Waals surface area contributed by atoms with Crippen molar-refractivity contribution in [1.82, 2.24) is 10.3 Å². The number of benzene rings is 1. The van der Waals surface area contributed by atoms with E-state index in [0.29, 0.717) is 0 Å². The van der Waals surface area contributed by atoms with Gasteiger partial charge in [-0.05, 0) is 18.2 Å². The molecule has 0 unspecified atom stereocenters. The molecule has 2 aromatic rings. The Morgan fingerprint density at radius 3 is 3.12 bits per heavy atom. The second kappa shape index (κ2) is 3.96. The van der Waals surface area contributed by atoms with E-state index in [4.69, 9.17) is 0 Å². The van der Waals surface area contributed by atoms with Crippen LogP contribution in [-0.4, -0.2) is 18.6 Å². The molecule has 1 aliphatic rings. The Balaban J connectivity index is 2.35. The summed E-state index contributed by atoms with van der Waals surface area (Å²) in [6.07, 6.45) is 0.928. The molecule has 17 heavy (non-hydrogen) atoms. The van der Waals surface area contributed by atoms with Crippen molar-refractivity contribution in [2.24, 2.45) is 0 Å². The summed E-state index contributed by atoms with van der Waals surface area (Å²) in [6.45, 7) is 1.75. The van der Waals surface area contributed by atoms with Gasteiger partial charge in [-0.2, -0.15) is 0 Å². The maximum Gasteiger partial charge on any atom is 0.124 e. The van der Waals surface area contributed by atoms with Crippen LogP contribution in [0.3, 0.4) is 0 Å². The first-order valence-electron chi connectivity index (χ1n) is 5.79. The monoisotopic (exact) mass is 231 g/mol. The number of rotatable bonds is 1. The lowest BCUT2D eigenvalue weighted by molar-refractivity contribution is 0.627. The summed E-state index contributed by atoms with van der Waals surface area (Å²) in [7, 11) is 1.87. The van der Waals surface area contributed by atoms with Gasteiger partial charge >= 0.3 is 0 Å². The predicted octanol–water partition coefficient (Wildman–Crippen LogP) is 2.06. The van der Waals surface area contributed by atoms with E-state index in [9.17, 15) is 4.39 Å². The zero-order chi connectivity index (χ0) is 11.8. The molecule has 2 N–H and O–H groups in total. The summed E-state index contributed by atoms with van der Waals surface area (Å²) >= 11 is 0. The molecule has 0 amide bonds. The zero-order valence-corrected chi connectivity index (χ0v) is 9.68. The Bertz CT molecular complexity index is 580. The van der Waals surface area contributed by atoms with Gasteiger partial charge in [-0.25, -0.2) is 4.39 Å². The summed E-state index contributed by atoms with van der Waals surface area (Å²) in [4.78, 5) is 4.62. The number of anilines is 1. The summed E-state index contributed by atoms with van der Waals surface area (Å²) < 4.78 is 13.3. The predicted molar refractivity (Wildman–Crippen MR) is 66.7 cm³/mol. The molecule has 1 aliphatic heterocycles. The number of hydrogen-bond donors (Lipinski definition) is 2. The minimum atomic E-state index is -0.223. The van der Waals surface area contributed by atoms with Crippen molar-refractivity contribution in [2.45, 2.75) is 13.0 Å². The normalized spacial score (nSPS) is 14.7. The van der Waals surface area contributed by atoms with Gasteiger partial charge in [-0.3, -0.25) is 4.98 Å². The number of aromatic nitrogens is 1. The van der Waals surface area contributed by atoms with Gasteiger partial charge in [0.2, 0.25) is 0 Å². The van der Waals surface area contributed by atoms with Crippen LogP contribution in [0, 0.1) is 5.82 Å². The Hall–Kier alpha value is -1.68. The van der Waals surface area contributed by atoms with Gasteiger partial charge in [0.1, 0.15) is 5.82 Å². The number of nitrogens with zero attached hydrogens (tertiary/aromatic N) is 1. The number of hydrogen-bond acceptors (Lipinski definition) is 3. The second-order valence-corrected chi connectivity index (χ2v) is 4.25. The topological polar surface area (TPSA) is 37.0 Å². The number of fused-ring (bicyclic) bond motifs is 2. The highest BCUT2D eigenvalue weighted by Crippen LogP contribution is 2.30. The molecule has 1 aromatic heterocycles. The van der Waals surface area contributed by atoms with Crippen molar-refractivity contribution in [3.05, 3.63) is 35.3 Å².